The molecule has 3 aromatic carbocycles. The molecular formula is C27H28N2O5. The Hall–Kier alpha value is -4.13. The third-order valence-electron chi connectivity index (χ3n) is 4.92. The SMILES string of the molecule is CCOc1cc(/C=N\NC(=O)COc2c(C)cccc2C)ccc1OC(=O)c1ccc(C)cc1. The molecule has 0 atom stereocenters. The van der Waals surface area contributed by atoms with E-state index in [-0.39, 0.29) is 12.5 Å². The Kier molecular flexibility index (Phi) is 8.40. The van der Waals surface area contributed by atoms with E-state index in [0.29, 0.717) is 35.0 Å². The van der Waals surface area contributed by atoms with E-state index in [1.807, 2.05) is 58.0 Å². The van der Waals surface area contributed by atoms with Crippen molar-refractivity contribution in [2.45, 2.75) is 27.7 Å². The summed E-state index contributed by atoms with van der Waals surface area (Å²) in [5, 5.41) is 3.98. The summed E-state index contributed by atoms with van der Waals surface area (Å²) in [6.07, 6.45) is 1.48. The van der Waals surface area contributed by atoms with Gasteiger partial charge in [0, 0.05) is 0 Å². The van der Waals surface area contributed by atoms with Crippen LogP contribution in [0.3, 0.4) is 0 Å². The molecule has 1 N–H and O–H groups in total. The van der Waals surface area contributed by atoms with E-state index in [1.54, 1.807) is 30.3 Å². The van der Waals surface area contributed by atoms with Gasteiger partial charge in [0.05, 0.1) is 18.4 Å². The average molecular weight is 461 g/mol. The van der Waals surface area contributed by atoms with Gasteiger partial charge in [-0.3, -0.25) is 4.79 Å². The van der Waals surface area contributed by atoms with Gasteiger partial charge in [0.15, 0.2) is 18.1 Å². The Morgan fingerprint density at radius 3 is 2.29 bits per heavy atom. The number of hydrogen-bond donors (Lipinski definition) is 1. The topological polar surface area (TPSA) is 86.2 Å². The molecule has 0 aliphatic heterocycles. The second kappa shape index (κ2) is 11.7. The Morgan fingerprint density at radius 2 is 1.62 bits per heavy atom. The fourth-order valence-electron chi connectivity index (χ4n) is 3.18. The molecule has 3 rings (SSSR count). The van der Waals surface area contributed by atoms with E-state index in [1.165, 1.54) is 6.21 Å². The number of ether oxygens (including phenoxy) is 3. The molecule has 1 amide bonds. The lowest BCUT2D eigenvalue weighted by Crippen LogP contribution is -2.25. The third-order valence-corrected chi connectivity index (χ3v) is 4.92. The van der Waals surface area contributed by atoms with Crippen molar-refractivity contribution < 1.29 is 23.8 Å². The Morgan fingerprint density at radius 1 is 0.912 bits per heavy atom. The van der Waals surface area contributed by atoms with Crippen LogP contribution in [0.5, 0.6) is 17.2 Å². The number of aryl methyl sites for hydroxylation is 3. The summed E-state index contributed by atoms with van der Waals surface area (Å²) in [5.41, 5.74) is 6.53. The van der Waals surface area contributed by atoms with Crippen LogP contribution in [0.1, 0.15) is 39.5 Å². The van der Waals surface area contributed by atoms with E-state index in [0.717, 1.165) is 16.7 Å². The van der Waals surface area contributed by atoms with Crippen molar-refractivity contribution in [1.82, 2.24) is 5.43 Å². The highest BCUT2D eigenvalue weighted by Gasteiger charge is 2.13. The van der Waals surface area contributed by atoms with E-state index in [2.05, 4.69) is 10.5 Å². The van der Waals surface area contributed by atoms with Gasteiger partial charge in [-0.2, -0.15) is 5.10 Å². The summed E-state index contributed by atoms with van der Waals surface area (Å²) in [4.78, 5) is 24.6. The van der Waals surface area contributed by atoms with Gasteiger partial charge in [0.2, 0.25) is 0 Å². The third kappa shape index (κ3) is 6.68. The highest BCUT2D eigenvalue weighted by Crippen LogP contribution is 2.29. The van der Waals surface area contributed by atoms with Crippen molar-refractivity contribution in [2.24, 2.45) is 5.10 Å². The van der Waals surface area contributed by atoms with Crippen LogP contribution in [-0.4, -0.2) is 31.3 Å². The number of nitrogens with zero attached hydrogens (tertiary/aromatic N) is 1. The zero-order valence-electron chi connectivity index (χ0n) is 19.8. The van der Waals surface area contributed by atoms with Gasteiger partial charge in [-0.15, -0.1) is 0 Å². The molecule has 3 aromatic rings. The van der Waals surface area contributed by atoms with Crippen molar-refractivity contribution in [3.8, 4) is 17.2 Å². The lowest BCUT2D eigenvalue weighted by Gasteiger charge is -2.12. The van der Waals surface area contributed by atoms with Crippen molar-refractivity contribution >= 4 is 18.1 Å². The summed E-state index contributed by atoms with van der Waals surface area (Å²) in [5.74, 6) is 0.539. The lowest BCUT2D eigenvalue weighted by molar-refractivity contribution is -0.123. The Labute approximate surface area is 199 Å². The number of hydrazone groups is 1. The predicted octanol–water partition coefficient (Wildman–Crippen LogP) is 4.76. The van der Waals surface area contributed by atoms with Crippen LogP contribution >= 0.6 is 0 Å². The summed E-state index contributed by atoms with van der Waals surface area (Å²) >= 11 is 0. The van der Waals surface area contributed by atoms with Crippen molar-refractivity contribution in [2.75, 3.05) is 13.2 Å². The molecular weight excluding hydrogens is 432 g/mol. The molecule has 176 valence electrons. The first-order chi connectivity index (χ1) is 16.4. The fraction of sp³-hybridized carbons (Fsp3) is 0.222. The normalized spacial score (nSPS) is 10.7. The van der Waals surface area contributed by atoms with Crippen LogP contribution < -0.4 is 19.6 Å². The maximum Gasteiger partial charge on any atom is 0.343 e. The van der Waals surface area contributed by atoms with Crippen LogP contribution in [0.25, 0.3) is 0 Å². The highest BCUT2D eigenvalue weighted by molar-refractivity contribution is 5.91. The molecule has 0 aromatic heterocycles. The summed E-state index contributed by atoms with van der Waals surface area (Å²) < 4.78 is 16.8. The minimum atomic E-state index is -0.474. The molecule has 0 aliphatic rings. The van der Waals surface area contributed by atoms with E-state index < -0.39 is 5.97 Å². The first-order valence-corrected chi connectivity index (χ1v) is 10.9. The predicted molar refractivity (Wildman–Crippen MR) is 131 cm³/mol. The summed E-state index contributed by atoms with van der Waals surface area (Å²) in [6, 6.07) is 17.9. The molecule has 0 saturated heterocycles. The molecule has 0 radical (unpaired) electrons. The van der Waals surface area contributed by atoms with Gasteiger partial charge in [0.1, 0.15) is 5.75 Å². The number of carbonyl (C=O) groups excluding carboxylic acids is 2. The molecule has 0 saturated carbocycles. The average Bonchev–Trinajstić information content (AvgIpc) is 2.81. The Balaban J connectivity index is 1.61. The molecule has 7 nitrogen and oxygen atoms in total. The first kappa shape index (κ1) is 24.5. The van der Waals surface area contributed by atoms with Gasteiger partial charge in [0.25, 0.3) is 5.91 Å². The number of para-hydroxylation sites is 1. The van der Waals surface area contributed by atoms with Gasteiger partial charge in [-0.25, -0.2) is 10.2 Å². The lowest BCUT2D eigenvalue weighted by atomic mass is 10.1. The zero-order chi connectivity index (χ0) is 24.5. The zero-order valence-corrected chi connectivity index (χ0v) is 19.8. The number of rotatable bonds is 9. The van der Waals surface area contributed by atoms with Crippen LogP contribution in [-0.2, 0) is 4.79 Å². The monoisotopic (exact) mass is 460 g/mol. The van der Waals surface area contributed by atoms with Gasteiger partial charge in [-0.05, 0) is 74.7 Å². The first-order valence-electron chi connectivity index (χ1n) is 10.9. The largest absolute Gasteiger partial charge is 0.490 e. The van der Waals surface area contributed by atoms with Crippen LogP contribution in [0, 0.1) is 20.8 Å². The molecule has 0 aliphatic carbocycles. The van der Waals surface area contributed by atoms with Gasteiger partial charge in [-0.1, -0.05) is 35.9 Å². The molecule has 0 fully saturated rings. The number of hydrogen-bond acceptors (Lipinski definition) is 6. The Bertz CT molecular complexity index is 1170. The molecule has 0 spiro atoms. The van der Waals surface area contributed by atoms with Gasteiger partial charge >= 0.3 is 5.97 Å². The highest BCUT2D eigenvalue weighted by atomic mass is 16.6. The molecule has 7 heteroatoms. The van der Waals surface area contributed by atoms with Gasteiger partial charge < -0.3 is 14.2 Å². The number of carbonyl (C=O) groups is 2. The second-order valence-corrected chi connectivity index (χ2v) is 7.70. The standard InChI is InChI=1S/C27H28N2O5/c1-5-32-24-15-21(11-14-23(24)34-27(31)22-12-9-18(2)10-13-22)16-28-29-25(30)17-33-26-19(3)7-6-8-20(26)4/h6-16H,5,17H2,1-4H3,(H,29,30)/b28-16-. The maximum absolute atomic E-state index is 12.5. The smallest absolute Gasteiger partial charge is 0.343 e. The summed E-state index contributed by atoms with van der Waals surface area (Å²) in [7, 11) is 0. The minimum Gasteiger partial charge on any atom is -0.490 e. The number of esters is 1. The molecule has 0 bridgehead atoms. The van der Waals surface area contributed by atoms with Crippen LogP contribution in [0.4, 0.5) is 0 Å². The molecule has 34 heavy (non-hydrogen) atoms. The van der Waals surface area contributed by atoms with Crippen molar-refractivity contribution in [3.05, 3.63) is 88.5 Å². The van der Waals surface area contributed by atoms with Crippen LogP contribution in [0.2, 0.25) is 0 Å². The summed E-state index contributed by atoms with van der Waals surface area (Å²) in [6.45, 7) is 7.88. The van der Waals surface area contributed by atoms with Crippen molar-refractivity contribution in [3.63, 3.8) is 0 Å². The van der Waals surface area contributed by atoms with E-state index in [9.17, 15) is 9.59 Å². The second-order valence-electron chi connectivity index (χ2n) is 7.70. The number of nitrogens with one attached hydrogen (secondary N) is 1. The minimum absolute atomic E-state index is 0.152. The molecule has 0 heterocycles. The van der Waals surface area contributed by atoms with E-state index in [4.69, 9.17) is 14.2 Å². The fourth-order valence-corrected chi connectivity index (χ4v) is 3.18. The van der Waals surface area contributed by atoms with E-state index >= 15 is 0 Å². The van der Waals surface area contributed by atoms with Crippen molar-refractivity contribution in [1.29, 1.82) is 0 Å². The quantitative estimate of drug-likeness (QED) is 0.215. The number of amides is 1. The van der Waals surface area contributed by atoms with Crippen LogP contribution in [0.15, 0.2) is 65.8 Å². The maximum atomic E-state index is 12.5. The molecule has 0 unspecified atom stereocenters. The number of benzene rings is 3.